The number of rotatable bonds is 7. The van der Waals surface area contributed by atoms with Gasteiger partial charge in [0.05, 0.1) is 23.6 Å². The molecule has 37 heavy (non-hydrogen) atoms. The Balaban J connectivity index is 0.00000186. The summed E-state index contributed by atoms with van der Waals surface area (Å²) in [4.78, 5) is 35.8. The van der Waals surface area contributed by atoms with Crippen molar-refractivity contribution in [1.29, 1.82) is 0 Å². The Morgan fingerprint density at radius 3 is 2.32 bits per heavy atom. The fourth-order valence-electron chi connectivity index (χ4n) is 4.07. The highest BCUT2D eigenvalue weighted by Crippen LogP contribution is 2.39. The SMILES string of the molecule is CC.CC(C)(C)OC(=O)N1CCN(CC(Nc2cnc(C(=O)O)c(F)c2)c2ccc(C3CC3)cn2)CC1. The molecule has 1 aliphatic carbocycles. The molecule has 2 fully saturated rings. The molecule has 3 heterocycles. The number of ether oxygens (including phenoxy) is 1. The Hall–Kier alpha value is -3.27. The number of amides is 1. The van der Waals surface area contributed by atoms with E-state index in [-0.39, 0.29) is 12.1 Å². The second-order valence-corrected chi connectivity index (χ2v) is 10.1. The van der Waals surface area contributed by atoms with E-state index < -0.39 is 23.1 Å². The summed E-state index contributed by atoms with van der Waals surface area (Å²) in [5.41, 5.74) is 1.24. The van der Waals surface area contributed by atoms with Gasteiger partial charge in [0.15, 0.2) is 11.5 Å². The topological polar surface area (TPSA) is 108 Å². The second kappa shape index (κ2) is 12.3. The van der Waals surface area contributed by atoms with Gasteiger partial charge in [-0.25, -0.2) is 19.0 Å². The van der Waals surface area contributed by atoms with Crippen LogP contribution in [0.15, 0.2) is 30.6 Å². The van der Waals surface area contributed by atoms with Crippen LogP contribution in [0, 0.1) is 5.82 Å². The predicted molar refractivity (Wildman–Crippen MR) is 139 cm³/mol. The maximum atomic E-state index is 14.2. The minimum atomic E-state index is -1.41. The molecule has 2 aromatic heterocycles. The number of piperazine rings is 1. The summed E-state index contributed by atoms with van der Waals surface area (Å²) < 4.78 is 19.7. The number of hydrogen-bond acceptors (Lipinski definition) is 7. The molecule has 2 N–H and O–H groups in total. The molecule has 10 heteroatoms. The number of pyridine rings is 2. The van der Waals surface area contributed by atoms with E-state index in [0.29, 0.717) is 44.3 Å². The summed E-state index contributed by atoms with van der Waals surface area (Å²) in [5, 5.41) is 12.3. The molecule has 0 radical (unpaired) electrons. The van der Waals surface area contributed by atoms with Gasteiger partial charge in [0.2, 0.25) is 0 Å². The van der Waals surface area contributed by atoms with Crippen molar-refractivity contribution in [2.24, 2.45) is 0 Å². The number of aromatic nitrogens is 2. The van der Waals surface area contributed by atoms with Gasteiger partial charge >= 0.3 is 12.1 Å². The quantitative estimate of drug-likeness (QED) is 0.535. The van der Waals surface area contributed by atoms with Crippen LogP contribution in [0.25, 0.3) is 0 Å². The summed E-state index contributed by atoms with van der Waals surface area (Å²) in [6.45, 7) is 12.5. The first-order valence-corrected chi connectivity index (χ1v) is 12.9. The number of anilines is 1. The zero-order chi connectivity index (χ0) is 27.2. The highest BCUT2D eigenvalue weighted by molar-refractivity contribution is 5.85. The van der Waals surface area contributed by atoms with E-state index in [1.165, 1.54) is 24.6 Å². The fourth-order valence-corrected chi connectivity index (χ4v) is 4.07. The van der Waals surface area contributed by atoms with Crippen molar-refractivity contribution in [3.8, 4) is 0 Å². The van der Waals surface area contributed by atoms with Crippen molar-refractivity contribution in [2.75, 3.05) is 38.0 Å². The molecule has 1 amide bonds. The number of hydrogen-bond donors (Lipinski definition) is 2. The van der Waals surface area contributed by atoms with E-state index in [0.717, 1.165) is 11.8 Å². The lowest BCUT2D eigenvalue weighted by atomic mass is 10.1. The van der Waals surface area contributed by atoms with Crippen molar-refractivity contribution < 1.29 is 23.8 Å². The Morgan fingerprint density at radius 1 is 1.14 bits per heavy atom. The number of carbonyl (C=O) groups is 2. The molecule has 1 unspecified atom stereocenters. The van der Waals surface area contributed by atoms with Gasteiger partial charge in [-0.1, -0.05) is 19.9 Å². The van der Waals surface area contributed by atoms with Gasteiger partial charge in [-0.15, -0.1) is 0 Å². The summed E-state index contributed by atoms with van der Waals surface area (Å²) in [6.07, 6.45) is 5.27. The van der Waals surface area contributed by atoms with Gasteiger partial charge in [0.25, 0.3) is 0 Å². The summed E-state index contributed by atoms with van der Waals surface area (Å²) in [7, 11) is 0. The zero-order valence-electron chi connectivity index (χ0n) is 22.3. The van der Waals surface area contributed by atoms with E-state index in [2.05, 4.69) is 26.3 Å². The third kappa shape index (κ3) is 8.11. The first-order chi connectivity index (χ1) is 17.6. The minimum absolute atomic E-state index is 0.284. The first kappa shape index (κ1) is 28.3. The molecule has 1 atom stereocenters. The van der Waals surface area contributed by atoms with Crippen LogP contribution in [0.1, 0.15) is 81.2 Å². The van der Waals surface area contributed by atoms with Crippen LogP contribution in [0.3, 0.4) is 0 Å². The van der Waals surface area contributed by atoms with Crippen molar-refractivity contribution >= 4 is 17.7 Å². The van der Waals surface area contributed by atoms with Gasteiger partial charge in [-0.05, 0) is 51.2 Å². The molecule has 1 saturated carbocycles. The lowest BCUT2D eigenvalue weighted by Gasteiger charge is -2.37. The number of nitrogens with one attached hydrogen (secondary N) is 1. The third-order valence-electron chi connectivity index (χ3n) is 6.06. The lowest BCUT2D eigenvalue weighted by molar-refractivity contribution is 0.0142. The number of halogens is 1. The predicted octanol–water partition coefficient (Wildman–Crippen LogP) is 4.92. The Kier molecular flexibility index (Phi) is 9.42. The van der Waals surface area contributed by atoms with Crippen LogP contribution in [0.2, 0.25) is 0 Å². The lowest BCUT2D eigenvalue weighted by Crippen LogP contribution is -2.51. The van der Waals surface area contributed by atoms with Crippen molar-refractivity contribution in [2.45, 2.75) is 65.0 Å². The second-order valence-electron chi connectivity index (χ2n) is 10.1. The van der Waals surface area contributed by atoms with Crippen LogP contribution >= 0.6 is 0 Å². The van der Waals surface area contributed by atoms with E-state index in [1.54, 1.807) is 4.90 Å². The number of nitrogens with zero attached hydrogens (tertiary/aromatic N) is 4. The van der Waals surface area contributed by atoms with Crippen LogP contribution in [-0.4, -0.2) is 75.3 Å². The largest absolute Gasteiger partial charge is 0.476 e. The number of carboxylic acids is 1. The molecule has 0 bridgehead atoms. The normalized spacial score (nSPS) is 16.9. The maximum absolute atomic E-state index is 14.2. The van der Waals surface area contributed by atoms with E-state index in [1.807, 2.05) is 46.9 Å². The van der Waals surface area contributed by atoms with Gasteiger partial charge in [-0.3, -0.25) is 9.88 Å². The number of aromatic carboxylic acids is 1. The van der Waals surface area contributed by atoms with Crippen LogP contribution < -0.4 is 5.32 Å². The molecule has 4 rings (SSSR count). The molecular formula is C27H38FN5O4. The molecule has 1 saturated heterocycles. The summed E-state index contributed by atoms with van der Waals surface area (Å²) >= 11 is 0. The van der Waals surface area contributed by atoms with Gasteiger partial charge in [0, 0.05) is 45.0 Å². The molecule has 2 aromatic rings. The Labute approximate surface area is 218 Å². The van der Waals surface area contributed by atoms with E-state index >= 15 is 0 Å². The number of carboxylic acid groups (broad SMARTS) is 1. The number of carbonyl (C=O) groups excluding carboxylic acids is 1. The van der Waals surface area contributed by atoms with Gasteiger partial charge < -0.3 is 20.1 Å². The van der Waals surface area contributed by atoms with E-state index in [4.69, 9.17) is 9.84 Å². The van der Waals surface area contributed by atoms with Crippen LogP contribution in [0.5, 0.6) is 0 Å². The molecule has 202 valence electrons. The summed E-state index contributed by atoms with van der Waals surface area (Å²) in [6, 6.07) is 4.93. The molecule has 9 nitrogen and oxygen atoms in total. The highest BCUT2D eigenvalue weighted by Gasteiger charge is 2.28. The van der Waals surface area contributed by atoms with E-state index in [9.17, 15) is 14.0 Å². The third-order valence-corrected chi connectivity index (χ3v) is 6.06. The van der Waals surface area contributed by atoms with Crippen LogP contribution in [0.4, 0.5) is 14.9 Å². The fraction of sp³-hybridized carbons (Fsp3) is 0.556. The van der Waals surface area contributed by atoms with Crippen molar-refractivity contribution in [3.05, 3.63) is 53.4 Å². The maximum Gasteiger partial charge on any atom is 0.410 e. The monoisotopic (exact) mass is 515 g/mol. The highest BCUT2D eigenvalue weighted by atomic mass is 19.1. The molecule has 1 aliphatic heterocycles. The molecule has 2 aliphatic rings. The Morgan fingerprint density at radius 2 is 1.81 bits per heavy atom. The van der Waals surface area contributed by atoms with Gasteiger partial charge in [-0.2, -0.15) is 0 Å². The van der Waals surface area contributed by atoms with Crippen molar-refractivity contribution in [1.82, 2.24) is 19.8 Å². The molecular weight excluding hydrogens is 477 g/mol. The summed E-state index contributed by atoms with van der Waals surface area (Å²) in [5.74, 6) is -1.72. The smallest absolute Gasteiger partial charge is 0.410 e. The van der Waals surface area contributed by atoms with Gasteiger partial charge in [0.1, 0.15) is 5.60 Å². The average Bonchev–Trinajstić information content (AvgIpc) is 3.70. The zero-order valence-corrected chi connectivity index (χ0v) is 22.3. The minimum Gasteiger partial charge on any atom is -0.476 e. The Bertz CT molecular complexity index is 1060. The van der Waals surface area contributed by atoms with Crippen LogP contribution in [-0.2, 0) is 4.74 Å². The molecule has 0 spiro atoms. The first-order valence-electron chi connectivity index (χ1n) is 12.9. The average molecular weight is 516 g/mol. The molecule has 0 aromatic carbocycles. The van der Waals surface area contributed by atoms with Crippen molar-refractivity contribution in [3.63, 3.8) is 0 Å². The standard InChI is InChI=1S/C25H32FN5O4.C2H6/c1-25(2,3)35-24(34)31-10-8-30(9-11-31)15-21(20-7-6-17(13-27-20)16-4-5-16)29-18-12-19(26)22(23(32)33)28-14-18;1-2/h6-7,12-14,16,21,29H,4-5,8-11,15H2,1-3H3,(H,32,33);1-2H3.